The summed E-state index contributed by atoms with van der Waals surface area (Å²) in [7, 11) is 0. The average Bonchev–Trinajstić information content (AvgIpc) is 2.22. The Morgan fingerprint density at radius 1 is 1.62 bits per heavy atom. The van der Waals surface area contributed by atoms with Crippen LogP contribution in [0.2, 0.25) is 5.02 Å². The summed E-state index contributed by atoms with van der Waals surface area (Å²) in [6.07, 6.45) is 0.359. The number of carbonyl (C=O) groups is 2. The lowest BCUT2D eigenvalue weighted by molar-refractivity contribution is -0.140. The number of amides is 1. The standard InChI is InChI=1S/C10H9ClFNO3/c11-7-3-6(1-2-8(7)12)4-9(10(15)16)13-5-14/h1-3,5,9H,4H2,(H,13,14)(H,15,16). The number of rotatable bonds is 5. The number of halogens is 2. The molecule has 0 radical (unpaired) electrons. The second kappa shape index (κ2) is 5.46. The molecule has 0 saturated heterocycles. The van der Waals surface area contributed by atoms with Gasteiger partial charge in [-0.05, 0) is 17.7 Å². The molecule has 86 valence electrons. The quantitative estimate of drug-likeness (QED) is 0.767. The molecule has 0 saturated carbocycles. The maximum Gasteiger partial charge on any atom is 0.326 e. The summed E-state index contributed by atoms with van der Waals surface area (Å²) in [6.45, 7) is 0. The van der Waals surface area contributed by atoms with Gasteiger partial charge in [-0.15, -0.1) is 0 Å². The van der Waals surface area contributed by atoms with Crippen LogP contribution in [-0.4, -0.2) is 23.5 Å². The molecule has 1 aromatic carbocycles. The van der Waals surface area contributed by atoms with E-state index in [0.717, 1.165) is 6.07 Å². The van der Waals surface area contributed by atoms with Crippen LogP contribution in [0.25, 0.3) is 0 Å². The van der Waals surface area contributed by atoms with E-state index >= 15 is 0 Å². The molecule has 2 N–H and O–H groups in total. The van der Waals surface area contributed by atoms with Crippen molar-refractivity contribution in [2.24, 2.45) is 0 Å². The summed E-state index contributed by atoms with van der Waals surface area (Å²) in [4.78, 5) is 20.9. The minimum atomic E-state index is -1.16. The van der Waals surface area contributed by atoms with Gasteiger partial charge in [-0.1, -0.05) is 17.7 Å². The molecular weight excluding hydrogens is 237 g/mol. The molecule has 0 aliphatic heterocycles. The van der Waals surface area contributed by atoms with Crippen molar-refractivity contribution in [2.45, 2.75) is 12.5 Å². The van der Waals surface area contributed by atoms with Crippen LogP contribution in [0.15, 0.2) is 18.2 Å². The molecule has 0 heterocycles. The first-order chi connectivity index (χ1) is 7.54. The van der Waals surface area contributed by atoms with E-state index in [1.54, 1.807) is 0 Å². The van der Waals surface area contributed by atoms with Gasteiger partial charge in [-0.2, -0.15) is 0 Å². The Bertz CT molecular complexity index is 411. The van der Waals surface area contributed by atoms with Crippen LogP contribution in [0.5, 0.6) is 0 Å². The molecule has 0 fully saturated rings. The minimum absolute atomic E-state index is 0.0497. The number of carboxylic acid groups (broad SMARTS) is 1. The van der Waals surface area contributed by atoms with Crippen LogP contribution in [0.4, 0.5) is 4.39 Å². The lowest BCUT2D eigenvalue weighted by atomic mass is 10.1. The van der Waals surface area contributed by atoms with E-state index in [1.165, 1.54) is 12.1 Å². The van der Waals surface area contributed by atoms with Crippen LogP contribution < -0.4 is 5.32 Å². The van der Waals surface area contributed by atoms with Crippen LogP contribution >= 0.6 is 11.6 Å². The highest BCUT2D eigenvalue weighted by atomic mass is 35.5. The van der Waals surface area contributed by atoms with Gasteiger partial charge < -0.3 is 10.4 Å². The smallest absolute Gasteiger partial charge is 0.326 e. The van der Waals surface area contributed by atoms with E-state index in [9.17, 15) is 14.0 Å². The third-order valence-electron chi connectivity index (χ3n) is 1.99. The Labute approximate surface area is 96.0 Å². The molecular formula is C10H9ClFNO3. The molecule has 0 bridgehead atoms. The van der Waals surface area contributed by atoms with Gasteiger partial charge >= 0.3 is 5.97 Å². The second-order valence-corrected chi connectivity index (χ2v) is 3.54. The van der Waals surface area contributed by atoms with Crippen LogP contribution in [0.3, 0.4) is 0 Å². The fraction of sp³-hybridized carbons (Fsp3) is 0.200. The number of aliphatic carboxylic acids is 1. The topological polar surface area (TPSA) is 66.4 Å². The summed E-state index contributed by atoms with van der Waals surface area (Å²) in [5, 5.41) is 10.8. The molecule has 16 heavy (non-hydrogen) atoms. The summed E-state index contributed by atoms with van der Waals surface area (Å²) in [6, 6.07) is 2.86. The van der Waals surface area contributed by atoms with Gasteiger partial charge in [0, 0.05) is 6.42 Å². The normalized spacial score (nSPS) is 11.9. The Kier molecular flexibility index (Phi) is 4.25. The Morgan fingerprint density at radius 2 is 2.31 bits per heavy atom. The van der Waals surface area contributed by atoms with Crippen molar-refractivity contribution in [1.82, 2.24) is 5.32 Å². The fourth-order valence-corrected chi connectivity index (χ4v) is 1.41. The first-order valence-corrected chi connectivity index (χ1v) is 4.79. The number of hydrogen-bond donors (Lipinski definition) is 2. The molecule has 1 amide bonds. The monoisotopic (exact) mass is 245 g/mol. The number of hydrogen-bond acceptors (Lipinski definition) is 2. The van der Waals surface area contributed by atoms with E-state index in [4.69, 9.17) is 16.7 Å². The highest BCUT2D eigenvalue weighted by molar-refractivity contribution is 6.30. The molecule has 1 atom stereocenters. The SMILES string of the molecule is O=CNC(Cc1ccc(F)c(Cl)c1)C(=O)O. The van der Waals surface area contributed by atoms with Gasteiger partial charge in [0.15, 0.2) is 0 Å². The fourth-order valence-electron chi connectivity index (χ4n) is 1.20. The van der Waals surface area contributed by atoms with Gasteiger partial charge in [0.05, 0.1) is 5.02 Å². The molecule has 1 unspecified atom stereocenters. The molecule has 6 heteroatoms. The molecule has 0 aliphatic carbocycles. The molecule has 1 rings (SSSR count). The zero-order valence-electron chi connectivity index (χ0n) is 8.11. The highest BCUT2D eigenvalue weighted by Crippen LogP contribution is 2.17. The minimum Gasteiger partial charge on any atom is -0.480 e. The number of benzene rings is 1. The van der Waals surface area contributed by atoms with Gasteiger partial charge in [-0.25, -0.2) is 9.18 Å². The van der Waals surface area contributed by atoms with E-state index in [1.807, 2.05) is 0 Å². The lowest BCUT2D eigenvalue weighted by Crippen LogP contribution is -2.37. The van der Waals surface area contributed by atoms with Crippen molar-refractivity contribution in [3.05, 3.63) is 34.6 Å². The van der Waals surface area contributed by atoms with Gasteiger partial charge in [0.2, 0.25) is 6.41 Å². The van der Waals surface area contributed by atoms with E-state index in [2.05, 4.69) is 5.32 Å². The van der Waals surface area contributed by atoms with Gasteiger partial charge in [-0.3, -0.25) is 4.79 Å². The van der Waals surface area contributed by atoms with Crippen molar-refractivity contribution in [3.63, 3.8) is 0 Å². The largest absolute Gasteiger partial charge is 0.480 e. The molecule has 1 aromatic rings. The zero-order valence-corrected chi connectivity index (χ0v) is 8.87. The van der Waals surface area contributed by atoms with Crippen molar-refractivity contribution in [1.29, 1.82) is 0 Å². The molecule has 4 nitrogen and oxygen atoms in total. The number of carboxylic acids is 1. The van der Waals surface area contributed by atoms with Crippen molar-refractivity contribution in [2.75, 3.05) is 0 Å². The van der Waals surface area contributed by atoms with Crippen molar-refractivity contribution < 1.29 is 19.1 Å². The predicted octanol–water partition coefficient (Wildman–Crippen LogP) is 1.22. The first kappa shape index (κ1) is 12.4. The highest BCUT2D eigenvalue weighted by Gasteiger charge is 2.17. The van der Waals surface area contributed by atoms with E-state index in [-0.39, 0.29) is 11.4 Å². The third kappa shape index (κ3) is 3.20. The van der Waals surface area contributed by atoms with Crippen molar-refractivity contribution in [3.8, 4) is 0 Å². The van der Waals surface area contributed by atoms with Crippen LogP contribution in [0.1, 0.15) is 5.56 Å². The summed E-state index contributed by atoms with van der Waals surface area (Å²) in [5.74, 6) is -1.73. The maximum absolute atomic E-state index is 12.8. The lowest BCUT2D eigenvalue weighted by Gasteiger charge is -2.11. The molecule has 0 spiro atoms. The van der Waals surface area contributed by atoms with Crippen molar-refractivity contribution >= 4 is 24.0 Å². The summed E-state index contributed by atoms with van der Waals surface area (Å²) < 4.78 is 12.8. The van der Waals surface area contributed by atoms with Crippen LogP contribution in [0, 0.1) is 5.82 Å². The van der Waals surface area contributed by atoms with Gasteiger partial charge in [0.1, 0.15) is 11.9 Å². The zero-order chi connectivity index (χ0) is 12.1. The van der Waals surface area contributed by atoms with Gasteiger partial charge in [0.25, 0.3) is 0 Å². The average molecular weight is 246 g/mol. The third-order valence-corrected chi connectivity index (χ3v) is 2.28. The molecule has 0 aliphatic rings. The first-order valence-electron chi connectivity index (χ1n) is 4.41. The Balaban J connectivity index is 2.81. The number of nitrogens with one attached hydrogen (secondary N) is 1. The van der Waals surface area contributed by atoms with E-state index in [0.29, 0.717) is 12.0 Å². The summed E-state index contributed by atoms with van der Waals surface area (Å²) >= 11 is 5.54. The second-order valence-electron chi connectivity index (χ2n) is 3.13. The Morgan fingerprint density at radius 3 is 2.81 bits per heavy atom. The maximum atomic E-state index is 12.8. The summed E-state index contributed by atoms with van der Waals surface area (Å²) in [5.41, 5.74) is 0.535. The molecule has 0 aromatic heterocycles. The number of carbonyl (C=O) groups excluding carboxylic acids is 1. The van der Waals surface area contributed by atoms with E-state index < -0.39 is 17.8 Å². The predicted molar refractivity (Wildman–Crippen MR) is 55.7 cm³/mol. The van der Waals surface area contributed by atoms with Crippen LogP contribution in [-0.2, 0) is 16.0 Å². The Hall–Kier alpha value is -1.62.